The molecule has 1 aromatic carbocycles. The number of amides is 1. The van der Waals surface area contributed by atoms with Crippen molar-refractivity contribution in [1.29, 1.82) is 0 Å². The molecule has 0 aliphatic carbocycles. The topological polar surface area (TPSA) is 79.5 Å². The van der Waals surface area contributed by atoms with Gasteiger partial charge in [-0.05, 0) is 23.8 Å². The van der Waals surface area contributed by atoms with Gasteiger partial charge >= 0.3 is 5.97 Å². The number of carbonyl (C=O) groups is 2. The van der Waals surface area contributed by atoms with E-state index in [0.717, 1.165) is 6.07 Å². The van der Waals surface area contributed by atoms with Gasteiger partial charge in [-0.1, -0.05) is 17.7 Å². The smallest absolute Gasteiger partial charge is 0.305 e. The molecule has 1 unspecified atom stereocenters. The SMILES string of the molecule is O=C(O)CC(NC(=O)c1ccoc1)c1ccc(Cl)c(F)c1. The first-order valence-corrected chi connectivity index (χ1v) is 6.35. The molecule has 2 N–H and O–H groups in total. The Hall–Kier alpha value is -2.34. The molecule has 1 heterocycles. The van der Waals surface area contributed by atoms with Crippen LogP contribution in [0, 0.1) is 5.82 Å². The zero-order valence-electron chi connectivity index (χ0n) is 10.7. The van der Waals surface area contributed by atoms with Crippen LogP contribution < -0.4 is 5.32 Å². The Balaban J connectivity index is 2.23. The molecule has 0 aliphatic rings. The Labute approximate surface area is 124 Å². The summed E-state index contributed by atoms with van der Waals surface area (Å²) in [6.07, 6.45) is 2.17. The van der Waals surface area contributed by atoms with Crippen molar-refractivity contribution < 1.29 is 23.5 Å². The maximum absolute atomic E-state index is 13.5. The Kier molecular flexibility index (Phi) is 4.59. The molecule has 0 saturated heterocycles. The second-order valence-corrected chi connectivity index (χ2v) is 4.72. The molecule has 0 fully saturated rings. The van der Waals surface area contributed by atoms with Crippen LogP contribution >= 0.6 is 11.6 Å². The first-order valence-electron chi connectivity index (χ1n) is 5.97. The number of rotatable bonds is 5. The molecule has 0 spiro atoms. The summed E-state index contributed by atoms with van der Waals surface area (Å²) in [7, 11) is 0. The molecule has 1 amide bonds. The third-order valence-electron chi connectivity index (χ3n) is 2.81. The van der Waals surface area contributed by atoms with Gasteiger partial charge in [0.2, 0.25) is 0 Å². The molecule has 7 heteroatoms. The van der Waals surface area contributed by atoms with Crippen LogP contribution in [0.4, 0.5) is 4.39 Å². The number of benzene rings is 1. The van der Waals surface area contributed by atoms with Gasteiger partial charge in [0.25, 0.3) is 5.91 Å². The fraction of sp³-hybridized carbons (Fsp3) is 0.143. The Bertz CT molecular complexity index is 657. The predicted molar refractivity (Wildman–Crippen MR) is 72.6 cm³/mol. The standard InChI is InChI=1S/C14H11ClFNO4/c15-10-2-1-8(5-11(10)16)12(6-13(18)19)17-14(20)9-3-4-21-7-9/h1-5,7,12H,6H2,(H,17,20)(H,18,19). The van der Waals surface area contributed by atoms with Crippen LogP contribution in [0.15, 0.2) is 41.2 Å². The van der Waals surface area contributed by atoms with Crippen molar-refractivity contribution in [3.8, 4) is 0 Å². The maximum Gasteiger partial charge on any atom is 0.305 e. The van der Waals surface area contributed by atoms with Gasteiger partial charge < -0.3 is 14.8 Å². The van der Waals surface area contributed by atoms with Crippen molar-refractivity contribution in [3.05, 3.63) is 58.8 Å². The first kappa shape index (κ1) is 15.1. The summed E-state index contributed by atoms with van der Waals surface area (Å²) in [5.41, 5.74) is 0.566. The van der Waals surface area contributed by atoms with Gasteiger partial charge in [-0.2, -0.15) is 0 Å². The predicted octanol–water partition coefficient (Wildman–Crippen LogP) is 3.02. The van der Waals surface area contributed by atoms with E-state index < -0.39 is 23.7 Å². The van der Waals surface area contributed by atoms with Crippen molar-refractivity contribution in [2.45, 2.75) is 12.5 Å². The number of aliphatic carboxylic acids is 1. The highest BCUT2D eigenvalue weighted by atomic mass is 35.5. The highest BCUT2D eigenvalue weighted by Gasteiger charge is 2.20. The van der Waals surface area contributed by atoms with Crippen LogP contribution in [0.3, 0.4) is 0 Å². The van der Waals surface area contributed by atoms with Crippen molar-refractivity contribution in [2.24, 2.45) is 0 Å². The van der Waals surface area contributed by atoms with E-state index in [2.05, 4.69) is 5.32 Å². The van der Waals surface area contributed by atoms with Gasteiger partial charge in [-0.15, -0.1) is 0 Å². The maximum atomic E-state index is 13.5. The molecule has 1 aromatic heterocycles. The average Bonchev–Trinajstić information content (AvgIpc) is 2.94. The Morgan fingerprint density at radius 1 is 1.38 bits per heavy atom. The lowest BCUT2D eigenvalue weighted by Gasteiger charge is -2.17. The minimum Gasteiger partial charge on any atom is -0.481 e. The van der Waals surface area contributed by atoms with Gasteiger partial charge in [-0.3, -0.25) is 9.59 Å². The third kappa shape index (κ3) is 3.82. The summed E-state index contributed by atoms with van der Waals surface area (Å²) in [5.74, 6) is -2.31. The number of carboxylic acids is 1. The molecule has 1 atom stereocenters. The van der Waals surface area contributed by atoms with Crippen LogP contribution in [0.5, 0.6) is 0 Å². The first-order chi connectivity index (χ1) is 9.97. The number of hydrogen-bond donors (Lipinski definition) is 2. The molecule has 0 saturated carbocycles. The summed E-state index contributed by atoms with van der Waals surface area (Å²) >= 11 is 5.59. The normalized spacial score (nSPS) is 11.9. The second-order valence-electron chi connectivity index (χ2n) is 4.31. The number of carboxylic acid groups (broad SMARTS) is 1. The number of furan rings is 1. The largest absolute Gasteiger partial charge is 0.481 e. The molecule has 0 aliphatic heterocycles. The molecule has 21 heavy (non-hydrogen) atoms. The average molecular weight is 312 g/mol. The van der Waals surface area contributed by atoms with E-state index in [4.69, 9.17) is 21.1 Å². The number of hydrogen-bond acceptors (Lipinski definition) is 3. The third-order valence-corrected chi connectivity index (χ3v) is 3.12. The van der Waals surface area contributed by atoms with Gasteiger partial charge in [-0.25, -0.2) is 4.39 Å². The molecular formula is C14H11ClFNO4. The lowest BCUT2D eigenvalue weighted by atomic mass is 10.0. The monoisotopic (exact) mass is 311 g/mol. The van der Waals surface area contributed by atoms with E-state index >= 15 is 0 Å². The van der Waals surface area contributed by atoms with E-state index in [9.17, 15) is 14.0 Å². The highest BCUT2D eigenvalue weighted by molar-refractivity contribution is 6.30. The van der Waals surface area contributed by atoms with Crippen LogP contribution in [-0.2, 0) is 4.79 Å². The van der Waals surface area contributed by atoms with Crippen LogP contribution in [0.25, 0.3) is 0 Å². The van der Waals surface area contributed by atoms with Crippen LogP contribution in [0.1, 0.15) is 28.4 Å². The molecule has 5 nitrogen and oxygen atoms in total. The van der Waals surface area contributed by atoms with Crippen molar-refractivity contribution in [1.82, 2.24) is 5.32 Å². The minimum atomic E-state index is -1.12. The number of nitrogens with one attached hydrogen (secondary N) is 1. The van der Waals surface area contributed by atoms with E-state index in [1.165, 1.54) is 30.7 Å². The summed E-state index contributed by atoms with van der Waals surface area (Å²) in [6.45, 7) is 0. The Morgan fingerprint density at radius 2 is 2.14 bits per heavy atom. The van der Waals surface area contributed by atoms with E-state index in [0.29, 0.717) is 5.56 Å². The minimum absolute atomic E-state index is 0.0750. The zero-order chi connectivity index (χ0) is 15.4. The van der Waals surface area contributed by atoms with E-state index in [1.54, 1.807) is 0 Å². The number of halogens is 2. The molecule has 110 valence electrons. The molecular weight excluding hydrogens is 301 g/mol. The summed E-state index contributed by atoms with van der Waals surface area (Å²) in [5, 5.41) is 11.4. The van der Waals surface area contributed by atoms with E-state index in [-0.39, 0.29) is 17.0 Å². The molecule has 2 aromatic rings. The lowest BCUT2D eigenvalue weighted by Crippen LogP contribution is -2.30. The lowest BCUT2D eigenvalue weighted by molar-refractivity contribution is -0.137. The van der Waals surface area contributed by atoms with Crippen molar-refractivity contribution in [3.63, 3.8) is 0 Å². The highest BCUT2D eigenvalue weighted by Crippen LogP contribution is 2.23. The molecule has 0 radical (unpaired) electrons. The fourth-order valence-electron chi connectivity index (χ4n) is 1.79. The Morgan fingerprint density at radius 3 is 2.71 bits per heavy atom. The molecule has 2 rings (SSSR count). The second kappa shape index (κ2) is 6.41. The van der Waals surface area contributed by atoms with Gasteiger partial charge in [0.15, 0.2) is 0 Å². The van der Waals surface area contributed by atoms with Gasteiger partial charge in [0.1, 0.15) is 12.1 Å². The van der Waals surface area contributed by atoms with Crippen molar-refractivity contribution in [2.75, 3.05) is 0 Å². The van der Waals surface area contributed by atoms with Gasteiger partial charge in [0, 0.05) is 0 Å². The van der Waals surface area contributed by atoms with Gasteiger partial charge in [0.05, 0.1) is 29.3 Å². The van der Waals surface area contributed by atoms with Crippen LogP contribution in [-0.4, -0.2) is 17.0 Å². The summed E-state index contributed by atoms with van der Waals surface area (Å²) < 4.78 is 18.3. The van der Waals surface area contributed by atoms with Crippen LogP contribution in [0.2, 0.25) is 5.02 Å². The van der Waals surface area contributed by atoms with Crippen molar-refractivity contribution >= 4 is 23.5 Å². The fourth-order valence-corrected chi connectivity index (χ4v) is 1.91. The number of carbonyl (C=O) groups excluding carboxylic acids is 1. The quantitative estimate of drug-likeness (QED) is 0.889. The molecule has 0 bridgehead atoms. The zero-order valence-corrected chi connectivity index (χ0v) is 11.4. The van der Waals surface area contributed by atoms with E-state index in [1.807, 2.05) is 0 Å². The summed E-state index contributed by atoms with van der Waals surface area (Å²) in [4.78, 5) is 22.9. The summed E-state index contributed by atoms with van der Waals surface area (Å²) in [6, 6.07) is 4.44.